The van der Waals surface area contributed by atoms with Crippen molar-refractivity contribution in [3.8, 4) is 10.6 Å². The molecule has 0 aromatic carbocycles. The normalized spacial score (nSPS) is 10.8. The van der Waals surface area contributed by atoms with E-state index in [1.165, 1.54) is 11.3 Å². The van der Waals surface area contributed by atoms with Crippen molar-refractivity contribution in [3.05, 3.63) is 45.4 Å². The number of aromatic nitrogens is 3. The molecule has 3 aromatic heterocycles. The fourth-order valence-electron chi connectivity index (χ4n) is 2.12. The summed E-state index contributed by atoms with van der Waals surface area (Å²) < 4.78 is 1.76. The van der Waals surface area contributed by atoms with Crippen molar-refractivity contribution in [2.45, 2.75) is 13.3 Å². The zero-order valence-electron chi connectivity index (χ0n) is 12.4. The molecule has 0 aliphatic carbocycles. The molecule has 3 rings (SSSR count). The Balaban J connectivity index is 1.62. The van der Waals surface area contributed by atoms with Crippen molar-refractivity contribution in [1.82, 2.24) is 20.1 Å². The molecule has 0 atom stereocenters. The number of carbonyl (C=O) groups excluding carboxylic acids is 1. The Morgan fingerprint density at radius 3 is 3.00 bits per heavy atom. The minimum atomic E-state index is -0.0552. The van der Waals surface area contributed by atoms with Crippen LogP contribution in [0.3, 0.4) is 0 Å². The van der Waals surface area contributed by atoms with E-state index in [1.54, 1.807) is 16.0 Å². The van der Waals surface area contributed by atoms with E-state index < -0.39 is 0 Å². The molecule has 0 radical (unpaired) electrons. The van der Waals surface area contributed by atoms with Gasteiger partial charge in [-0.25, -0.2) is 4.98 Å². The van der Waals surface area contributed by atoms with Crippen LogP contribution in [0.1, 0.15) is 20.9 Å². The molecule has 5 nitrogen and oxygen atoms in total. The molecule has 0 bridgehead atoms. The Kier molecular flexibility index (Phi) is 4.35. The van der Waals surface area contributed by atoms with Crippen molar-refractivity contribution in [2.24, 2.45) is 7.05 Å². The number of aryl methyl sites for hydroxylation is 2. The molecule has 3 aromatic rings. The first-order valence-corrected chi connectivity index (χ1v) is 8.65. The van der Waals surface area contributed by atoms with Crippen LogP contribution in [0.4, 0.5) is 0 Å². The molecule has 0 saturated heterocycles. The highest BCUT2D eigenvalue weighted by Gasteiger charge is 2.16. The van der Waals surface area contributed by atoms with E-state index in [0.717, 1.165) is 28.2 Å². The van der Waals surface area contributed by atoms with Crippen molar-refractivity contribution in [1.29, 1.82) is 0 Å². The minimum Gasteiger partial charge on any atom is -0.351 e. The van der Waals surface area contributed by atoms with E-state index in [-0.39, 0.29) is 5.91 Å². The summed E-state index contributed by atoms with van der Waals surface area (Å²) in [4.78, 5) is 17.5. The SMILES string of the molecule is Cc1nc(-c2ccsc2)sc1C(=O)NCCc1cnn(C)c1. The summed E-state index contributed by atoms with van der Waals surface area (Å²) in [5.41, 5.74) is 2.97. The molecule has 0 unspecified atom stereocenters. The number of rotatable bonds is 5. The van der Waals surface area contributed by atoms with Crippen LogP contribution in [0.5, 0.6) is 0 Å². The summed E-state index contributed by atoms with van der Waals surface area (Å²) in [7, 11) is 1.88. The van der Waals surface area contributed by atoms with Crippen molar-refractivity contribution >= 4 is 28.6 Å². The summed E-state index contributed by atoms with van der Waals surface area (Å²) >= 11 is 3.07. The maximum Gasteiger partial charge on any atom is 0.263 e. The first-order valence-electron chi connectivity index (χ1n) is 6.89. The average Bonchev–Trinajstić information content (AvgIpc) is 3.19. The van der Waals surface area contributed by atoms with E-state index in [1.807, 2.05) is 43.2 Å². The van der Waals surface area contributed by atoms with Gasteiger partial charge in [-0.05, 0) is 30.4 Å². The highest BCUT2D eigenvalue weighted by Crippen LogP contribution is 2.29. The van der Waals surface area contributed by atoms with Crippen LogP contribution in [0.2, 0.25) is 0 Å². The van der Waals surface area contributed by atoms with E-state index in [2.05, 4.69) is 15.4 Å². The lowest BCUT2D eigenvalue weighted by atomic mass is 10.2. The standard InChI is InChI=1S/C15H16N4OS2/c1-10-13(22-15(18-10)12-4-6-21-9-12)14(20)16-5-3-11-7-17-19(2)8-11/h4,6-9H,3,5H2,1-2H3,(H,16,20). The maximum absolute atomic E-state index is 12.3. The lowest BCUT2D eigenvalue weighted by Crippen LogP contribution is -2.25. The first-order chi connectivity index (χ1) is 10.6. The summed E-state index contributed by atoms with van der Waals surface area (Å²) in [5.74, 6) is -0.0552. The summed E-state index contributed by atoms with van der Waals surface area (Å²) in [5, 5.41) is 12.0. The lowest BCUT2D eigenvalue weighted by Gasteiger charge is -2.02. The highest BCUT2D eigenvalue weighted by atomic mass is 32.1. The third kappa shape index (κ3) is 3.26. The maximum atomic E-state index is 12.3. The van der Waals surface area contributed by atoms with E-state index in [0.29, 0.717) is 11.4 Å². The van der Waals surface area contributed by atoms with Gasteiger partial charge in [-0.15, -0.1) is 11.3 Å². The molecule has 22 heavy (non-hydrogen) atoms. The van der Waals surface area contributed by atoms with Crippen LogP contribution in [-0.4, -0.2) is 27.2 Å². The predicted molar refractivity (Wildman–Crippen MR) is 89.4 cm³/mol. The molecule has 0 saturated carbocycles. The number of thiazole rings is 1. The Hall–Kier alpha value is -1.99. The largest absolute Gasteiger partial charge is 0.351 e. The monoisotopic (exact) mass is 332 g/mol. The number of hydrogen-bond acceptors (Lipinski definition) is 5. The molecule has 114 valence electrons. The molecular formula is C15H16N4OS2. The fourth-order valence-corrected chi connectivity index (χ4v) is 3.81. The molecule has 1 amide bonds. The Labute approximate surface area is 136 Å². The number of carbonyl (C=O) groups is 1. The van der Waals surface area contributed by atoms with Gasteiger partial charge in [0.05, 0.1) is 11.9 Å². The van der Waals surface area contributed by atoms with Gasteiger partial charge >= 0.3 is 0 Å². The third-order valence-corrected chi connectivity index (χ3v) is 5.12. The Morgan fingerprint density at radius 2 is 2.32 bits per heavy atom. The quantitative estimate of drug-likeness (QED) is 0.781. The van der Waals surface area contributed by atoms with Gasteiger partial charge in [0.2, 0.25) is 0 Å². The number of thiophene rings is 1. The average molecular weight is 332 g/mol. The smallest absolute Gasteiger partial charge is 0.263 e. The van der Waals surface area contributed by atoms with Crippen LogP contribution in [0.25, 0.3) is 10.6 Å². The van der Waals surface area contributed by atoms with Crippen molar-refractivity contribution < 1.29 is 4.79 Å². The predicted octanol–water partition coefficient (Wildman–Crippen LogP) is 2.89. The molecule has 0 fully saturated rings. The van der Waals surface area contributed by atoms with Gasteiger partial charge in [-0.3, -0.25) is 9.48 Å². The highest BCUT2D eigenvalue weighted by molar-refractivity contribution is 7.17. The Bertz CT molecular complexity index is 773. The first kappa shape index (κ1) is 14.9. The van der Waals surface area contributed by atoms with Gasteiger partial charge in [0.1, 0.15) is 9.88 Å². The van der Waals surface area contributed by atoms with Crippen LogP contribution >= 0.6 is 22.7 Å². The zero-order chi connectivity index (χ0) is 15.5. The number of nitrogens with one attached hydrogen (secondary N) is 1. The van der Waals surface area contributed by atoms with E-state index >= 15 is 0 Å². The van der Waals surface area contributed by atoms with Gasteiger partial charge in [0.15, 0.2) is 0 Å². The number of amides is 1. The van der Waals surface area contributed by atoms with Gasteiger partial charge in [-0.1, -0.05) is 0 Å². The van der Waals surface area contributed by atoms with Crippen LogP contribution in [0.15, 0.2) is 29.2 Å². The summed E-state index contributed by atoms with van der Waals surface area (Å²) in [6.45, 7) is 2.47. The molecular weight excluding hydrogens is 316 g/mol. The Morgan fingerprint density at radius 1 is 1.45 bits per heavy atom. The van der Waals surface area contributed by atoms with Gasteiger partial charge < -0.3 is 5.32 Å². The lowest BCUT2D eigenvalue weighted by molar-refractivity contribution is 0.0957. The van der Waals surface area contributed by atoms with Gasteiger partial charge in [0, 0.05) is 30.7 Å². The molecule has 7 heteroatoms. The molecule has 1 N–H and O–H groups in total. The second-order valence-electron chi connectivity index (χ2n) is 4.97. The fraction of sp³-hybridized carbons (Fsp3) is 0.267. The van der Waals surface area contributed by atoms with Crippen LogP contribution < -0.4 is 5.32 Å². The van der Waals surface area contributed by atoms with Crippen LogP contribution in [0, 0.1) is 6.92 Å². The number of nitrogens with zero attached hydrogens (tertiary/aromatic N) is 3. The van der Waals surface area contributed by atoms with Gasteiger partial charge in [-0.2, -0.15) is 16.4 Å². The number of hydrogen-bond donors (Lipinski definition) is 1. The minimum absolute atomic E-state index is 0.0552. The molecule has 3 heterocycles. The summed E-state index contributed by atoms with van der Waals surface area (Å²) in [6.07, 6.45) is 4.55. The second kappa shape index (κ2) is 6.41. The van der Waals surface area contributed by atoms with Crippen molar-refractivity contribution in [3.63, 3.8) is 0 Å². The zero-order valence-corrected chi connectivity index (χ0v) is 14.0. The molecule has 0 spiro atoms. The third-order valence-electron chi connectivity index (χ3n) is 3.23. The van der Waals surface area contributed by atoms with Crippen LogP contribution in [-0.2, 0) is 13.5 Å². The topological polar surface area (TPSA) is 59.8 Å². The molecule has 0 aliphatic heterocycles. The van der Waals surface area contributed by atoms with Gasteiger partial charge in [0.25, 0.3) is 5.91 Å². The molecule has 0 aliphatic rings. The van der Waals surface area contributed by atoms with E-state index in [9.17, 15) is 4.79 Å². The van der Waals surface area contributed by atoms with Crippen molar-refractivity contribution in [2.75, 3.05) is 6.54 Å². The van der Waals surface area contributed by atoms with E-state index in [4.69, 9.17) is 0 Å². The second-order valence-corrected chi connectivity index (χ2v) is 6.75. The summed E-state index contributed by atoms with van der Waals surface area (Å²) in [6, 6.07) is 2.02.